The van der Waals surface area contributed by atoms with Crippen molar-refractivity contribution in [1.29, 1.82) is 0 Å². The summed E-state index contributed by atoms with van der Waals surface area (Å²) in [5, 5.41) is 0. The SMILES string of the molecule is CCCC(CCS)c1ccc(C)cc1. The van der Waals surface area contributed by atoms with Crippen LogP contribution in [-0.4, -0.2) is 5.75 Å². The Kier molecular flexibility index (Phi) is 5.10. The third-order valence-electron chi connectivity index (χ3n) is 2.66. The summed E-state index contributed by atoms with van der Waals surface area (Å²) in [5.74, 6) is 1.69. The predicted octanol–water partition coefficient (Wildman–Crippen LogP) is 4.20. The summed E-state index contributed by atoms with van der Waals surface area (Å²) >= 11 is 4.32. The zero-order chi connectivity index (χ0) is 10.4. The molecule has 0 saturated carbocycles. The number of benzene rings is 1. The van der Waals surface area contributed by atoms with Crippen molar-refractivity contribution in [1.82, 2.24) is 0 Å². The molecule has 0 spiro atoms. The average molecular weight is 208 g/mol. The van der Waals surface area contributed by atoms with Gasteiger partial charge in [0, 0.05) is 0 Å². The van der Waals surface area contributed by atoms with Crippen molar-refractivity contribution >= 4 is 12.6 Å². The van der Waals surface area contributed by atoms with Gasteiger partial charge in [0.1, 0.15) is 0 Å². The smallest absolute Gasteiger partial charge is 0.00921 e. The largest absolute Gasteiger partial charge is 0.179 e. The van der Waals surface area contributed by atoms with Crippen LogP contribution in [0, 0.1) is 6.92 Å². The lowest BCUT2D eigenvalue weighted by atomic mass is 9.92. The molecule has 1 heteroatoms. The topological polar surface area (TPSA) is 0 Å². The molecule has 0 radical (unpaired) electrons. The Morgan fingerprint density at radius 3 is 2.29 bits per heavy atom. The van der Waals surface area contributed by atoms with Gasteiger partial charge >= 0.3 is 0 Å². The van der Waals surface area contributed by atoms with Crippen LogP contribution in [0.3, 0.4) is 0 Å². The van der Waals surface area contributed by atoms with Gasteiger partial charge in [0.25, 0.3) is 0 Å². The summed E-state index contributed by atoms with van der Waals surface area (Å²) in [5.41, 5.74) is 2.82. The van der Waals surface area contributed by atoms with E-state index in [0.717, 1.165) is 5.75 Å². The molecule has 0 nitrogen and oxygen atoms in total. The summed E-state index contributed by atoms with van der Waals surface area (Å²) < 4.78 is 0. The van der Waals surface area contributed by atoms with Gasteiger partial charge in [-0.15, -0.1) is 0 Å². The maximum absolute atomic E-state index is 4.32. The second kappa shape index (κ2) is 6.13. The third kappa shape index (κ3) is 3.38. The van der Waals surface area contributed by atoms with Crippen LogP contribution in [-0.2, 0) is 0 Å². The third-order valence-corrected chi connectivity index (χ3v) is 2.92. The minimum absolute atomic E-state index is 0.707. The quantitative estimate of drug-likeness (QED) is 0.689. The van der Waals surface area contributed by atoms with Crippen LogP contribution < -0.4 is 0 Å². The molecular formula is C13H20S. The summed E-state index contributed by atoms with van der Waals surface area (Å²) in [6.07, 6.45) is 3.73. The highest BCUT2D eigenvalue weighted by Crippen LogP contribution is 2.25. The summed E-state index contributed by atoms with van der Waals surface area (Å²) in [6.45, 7) is 4.39. The fourth-order valence-electron chi connectivity index (χ4n) is 1.82. The van der Waals surface area contributed by atoms with Gasteiger partial charge in [-0.05, 0) is 37.0 Å². The van der Waals surface area contributed by atoms with Gasteiger partial charge in [0.2, 0.25) is 0 Å². The van der Waals surface area contributed by atoms with E-state index >= 15 is 0 Å². The van der Waals surface area contributed by atoms with Gasteiger partial charge in [0.15, 0.2) is 0 Å². The lowest BCUT2D eigenvalue weighted by Crippen LogP contribution is -1.99. The fourth-order valence-corrected chi connectivity index (χ4v) is 2.13. The minimum Gasteiger partial charge on any atom is -0.179 e. The van der Waals surface area contributed by atoms with E-state index in [0.29, 0.717) is 5.92 Å². The van der Waals surface area contributed by atoms with E-state index in [9.17, 15) is 0 Å². The predicted molar refractivity (Wildman–Crippen MR) is 67.3 cm³/mol. The molecule has 0 aliphatic rings. The first-order chi connectivity index (χ1) is 6.77. The summed E-state index contributed by atoms with van der Waals surface area (Å²) in [6, 6.07) is 8.94. The van der Waals surface area contributed by atoms with Crippen LogP contribution in [0.5, 0.6) is 0 Å². The van der Waals surface area contributed by atoms with Crippen molar-refractivity contribution < 1.29 is 0 Å². The minimum atomic E-state index is 0.707. The van der Waals surface area contributed by atoms with Crippen LogP contribution in [0.25, 0.3) is 0 Å². The zero-order valence-electron chi connectivity index (χ0n) is 9.16. The monoisotopic (exact) mass is 208 g/mol. The Balaban J connectivity index is 2.71. The van der Waals surface area contributed by atoms with Crippen molar-refractivity contribution in [2.75, 3.05) is 5.75 Å². The first kappa shape index (κ1) is 11.6. The van der Waals surface area contributed by atoms with Crippen LogP contribution in [0.2, 0.25) is 0 Å². The Morgan fingerprint density at radius 2 is 1.79 bits per heavy atom. The Bertz CT molecular complexity index is 244. The molecule has 1 rings (SSSR count). The van der Waals surface area contributed by atoms with Crippen LogP contribution in [0.4, 0.5) is 0 Å². The molecule has 1 aromatic carbocycles. The van der Waals surface area contributed by atoms with E-state index in [1.54, 1.807) is 0 Å². The molecule has 1 unspecified atom stereocenters. The molecule has 0 saturated heterocycles. The summed E-state index contributed by atoms with van der Waals surface area (Å²) in [7, 11) is 0. The number of aryl methyl sites for hydroxylation is 1. The van der Waals surface area contributed by atoms with E-state index in [2.05, 4.69) is 50.7 Å². The van der Waals surface area contributed by atoms with Gasteiger partial charge in [0.05, 0.1) is 0 Å². The van der Waals surface area contributed by atoms with Crippen molar-refractivity contribution in [2.45, 2.75) is 39.0 Å². The van der Waals surface area contributed by atoms with E-state index < -0.39 is 0 Å². The number of hydrogen-bond donors (Lipinski definition) is 1. The van der Waals surface area contributed by atoms with Crippen molar-refractivity contribution in [2.24, 2.45) is 0 Å². The lowest BCUT2D eigenvalue weighted by molar-refractivity contribution is 0.600. The second-order valence-electron chi connectivity index (χ2n) is 3.91. The molecule has 0 aliphatic heterocycles. The second-order valence-corrected chi connectivity index (χ2v) is 4.36. The molecule has 14 heavy (non-hydrogen) atoms. The first-order valence-corrected chi connectivity index (χ1v) is 6.08. The number of thiol groups is 1. The Labute approximate surface area is 93.1 Å². The summed E-state index contributed by atoms with van der Waals surface area (Å²) in [4.78, 5) is 0. The molecule has 0 heterocycles. The molecule has 0 bridgehead atoms. The molecule has 1 atom stereocenters. The van der Waals surface area contributed by atoms with Gasteiger partial charge < -0.3 is 0 Å². The molecular weight excluding hydrogens is 188 g/mol. The lowest BCUT2D eigenvalue weighted by Gasteiger charge is -2.15. The molecule has 0 amide bonds. The highest BCUT2D eigenvalue weighted by atomic mass is 32.1. The van der Waals surface area contributed by atoms with E-state index in [1.165, 1.54) is 30.4 Å². The van der Waals surface area contributed by atoms with E-state index in [-0.39, 0.29) is 0 Å². The Hall–Kier alpha value is -0.430. The van der Waals surface area contributed by atoms with Gasteiger partial charge in [-0.2, -0.15) is 12.6 Å². The molecule has 0 N–H and O–H groups in total. The molecule has 78 valence electrons. The molecule has 1 aromatic rings. The number of rotatable bonds is 5. The van der Waals surface area contributed by atoms with Crippen LogP contribution in [0.1, 0.15) is 43.2 Å². The molecule has 0 aromatic heterocycles. The maximum Gasteiger partial charge on any atom is -0.00921 e. The van der Waals surface area contributed by atoms with Gasteiger partial charge in [-0.25, -0.2) is 0 Å². The first-order valence-electron chi connectivity index (χ1n) is 5.45. The van der Waals surface area contributed by atoms with Crippen LogP contribution >= 0.6 is 12.6 Å². The van der Waals surface area contributed by atoms with Gasteiger partial charge in [-0.3, -0.25) is 0 Å². The van der Waals surface area contributed by atoms with Crippen LogP contribution in [0.15, 0.2) is 24.3 Å². The van der Waals surface area contributed by atoms with Crippen molar-refractivity contribution in [3.63, 3.8) is 0 Å². The normalized spacial score (nSPS) is 12.8. The van der Waals surface area contributed by atoms with Crippen molar-refractivity contribution in [3.05, 3.63) is 35.4 Å². The standard InChI is InChI=1S/C13H20S/c1-3-4-12(9-10-14)13-7-5-11(2)6-8-13/h5-8,12,14H,3-4,9-10H2,1-2H3. The molecule has 0 fully saturated rings. The zero-order valence-corrected chi connectivity index (χ0v) is 10.1. The van der Waals surface area contributed by atoms with Crippen molar-refractivity contribution in [3.8, 4) is 0 Å². The van der Waals surface area contributed by atoms with E-state index in [1.807, 2.05) is 0 Å². The fraction of sp³-hybridized carbons (Fsp3) is 0.538. The highest BCUT2D eigenvalue weighted by Gasteiger charge is 2.08. The number of hydrogen-bond acceptors (Lipinski definition) is 1. The van der Waals surface area contributed by atoms with Gasteiger partial charge in [-0.1, -0.05) is 43.2 Å². The Morgan fingerprint density at radius 1 is 1.14 bits per heavy atom. The molecule has 0 aliphatic carbocycles. The van der Waals surface area contributed by atoms with E-state index in [4.69, 9.17) is 0 Å². The average Bonchev–Trinajstić information content (AvgIpc) is 2.19. The highest BCUT2D eigenvalue weighted by molar-refractivity contribution is 7.80. The maximum atomic E-state index is 4.32.